The van der Waals surface area contributed by atoms with Gasteiger partial charge in [-0.05, 0) is 24.5 Å². The van der Waals surface area contributed by atoms with Crippen LogP contribution in [0.25, 0.3) is 0 Å². The van der Waals surface area contributed by atoms with E-state index in [0.29, 0.717) is 12.0 Å². The third-order valence-electron chi connectivity index (χ3n) is 3.97. The monoisotopic (exact) mass is 268 g/mol. The predicted octanol–water partition coefficient (Wildman–Crippen LogP) is 2.70. The molecule has 1 N–H and O–H groups in total. The van der Waals surface area contributed by atoms with Gasteiger partial charge in [-0.25, -0.2) is 4.39 Å². The summed E-state index contributed by atoms with van der Waals surface area (Å²) in [5.74, 6) is -0.176. The van der Waals surface area contributed by atoms with Crippen molar-refractivity contribution in [1.82, 2.24) is 0 Å². The highest BCUT2D eigenvalue weighted by molar-refractivity contribution is 5.32. The maximum absolute atomic E-state index is 14.2. The summed E-state index contributed by atoms with van der Waals surface area (Å²) in [7, 11) is 3.04. The van der Waals surface area contributed by atoms with Crippen LogP contribution in [0.3, 0.4) is 0 Å². The van der Waals surface area contributed by atoms with Crippen molar-refractivity contribution in [2.24, 2.45) is 0 Å². The maximum Gasteiger partial charge on any atom is 0.168 e. The van der Waals surface area contributed by atoms with Gasteiger partial charge in [-0.1, -0.05) is 25.0 Å². The Morgan fingerprint density at radius 3 is 2.84 bits per heavy atom. The Bertz CT molecular complexity index is 435. The van der Waals surface area contributed by atoms with E-state index in [2.05, 4.69) is 0 Å². The van der Waals surface area contributed by atoms with Crippen LogP contribution in [-0.2, 0) is 11.2 Å². The summed E-state index contributed by atoms with van der Waals surface area (Å²) in [6, 6.07) is 5.01. The van der Waals surface area contributed by atoms with Crippen LogP contribution in [0.5, 0.6) is 5.75 Å². The molecule has 0 aliphatic heterocycles. The number of rotatable bonds is 4. The summed E-state index contributed by atoms with van der Waals surface area (Å²) >= 11 is 0. The molecule has 0 saturated heterocycles. The molecule has 1 aliphatic carbocycles. The first-order valence-corrected chi connectivity index (χ1v) is 6.67. The number of hydrogen-bond donors (Lipinski definition) is 1. The van der Waals surface area contributed by atoms with E-state index in [9.17, 15) is 9.50 Å². The topological polar surface area (TPSA) is 38.7 Å². The van der Waals surface area contributed by atoms with E-state index in [1.165, 1.54) is 7.11 Å². The lowest BCUT2D eigenvalue weighted by Gasteiger charge is -2.39. The molecule has 2 atom stereocenters. The van der Waals surface area contributed by atoms with E-state index < -0.39 is 5.60 Å². The first-order valence-electron chi connectivity index (χ1n) is 6.67. The Hall–Kier alpha value is -1.13. The molecule has 0 spiro atoms. The van der Waals surface area contributed by atoms with Gasteiger partial charge in [-0.2, -0.15) is 0 Å². The molecule has 1 saturated carbocycles. The minimum absolute atomic E-state index is 0.214. The summed E-state index contributed by atoms with van der Waals surface area (Å²) in [6.07, 6.45) is 3.48. The summed E-state index contributed by atoms with van der Waals surface area (Å²) in [5.41, 5.74) is -0.508. The van der Waals surface area contributed by atoms with E-state index in [1.807, 2.05) is 0 Å². The van der Waals surface area contributed by atoms with Crippen molar-refractivity contribution < 1.29 is 19.0 Å². The molecular weight excluding hydrogens is 247 g/mol. The standard InChI is InChI=1S/C15H21FO3/c1-18-12-7-5-6-11(14(12)16)10-15(17)9-4-3-8-13(15)19-2/h5-7,13,17H,3-4,8-10H2,1-2H3. The Kier molecular flexibility index (Phi) is 4.42. The van der Waals surface area contributed by atoms with E-state index in [1.54, 1.807) is 25.3 Å². The molecule has 1 aromatic carbocycles. The summed E-state index contributed by atoms with van der Waals surface area (Å²) in [5, 5.41) is 10.7. The van der Waals surface area contributed by atoms with Crippen molar-refractivity contribution in [2.75, 3.05) is 14.2 Å². The van der Waals surface area contributed by atoms with Gasteiger partial charge in [0, 0.05) is 13.5 Å². The number of benzene rings is 1. The number of halogens is 1. The van der Waals surface area contributed by atoms with Crippen molar-refractivity contribution in [1.29, 1.82) is 0 Å². The van der Waals surface area contributed by atoms with Crippen LogP contribution in [0, 0.1) is 5.82 Å². The molecule has 4 heteroatoms. The Morgan fingerprint density at radius 1 is 1.37 bits per heavy atom. The van der Waals surface area contributed by atoms with Crippen molar-refractivity contribution in [3.05, 3.63) is 29.6 Å². The third kappa shape index (κ3) is 2.90. The largest absolute Gasteiger partial charge is 0.494 e. The second-order valence-electron chi connectivity index (χ2n) is 5.18. The first kappa shape index (κ1) is 14.3. The normalized spacial score (nSPS) is 27.3. The van der Waals surface area contributed by atoms with Crippen molar-refractivity contribution in [3.63, 3.8) is 0 Å². The van der Waals surface area contributed by atoms with Crippen LogP contribution in [0.4, 0.5) is 4.39 Å². The van der Waals surface area contributed by atoms with Gasteiger partial charge in [-0.15, -0.1) is 0 Å². The van der Waals surface area contributed by atoms with Gasteiger partial charge in [0.25, 0.3) is 0 Å². The molecule has 0 aromatic heterocycles. The van der Waals surface area contributed by atoms with Crippen LogP contribution < -0.4 is 4.74 Å². The maximum atomic E-state index is 14.2. The molecule has 0 heterocycles. The van der Waals surface area contributed by atoms with Crippen LogP contribution in [0.2, 0.25) is 0 Å². The minimum Gasteiger partial charge on any atom is -0.494 e. The van der Waals surface area contributed by atoms with E-state index in [-0.39, 0.29) is 24.1 Å². The Morgan fingerprint density at radius 2 is 2.16 bits per heavy atom. The molecule has 1 fully saturated rings. The molecule has 1 aliphatic rings. The second-order valence-corrected chi connectivity index (χ2v) is 5.18. The minimum atomic E-state index is -0.986. The Balaban J connectivity index is 2.23. The highest BCUT2D eigenvalue weighted by atomic mass is 19.1. The zero-order valence-corrected chi connectivity index (χ0v) is 11.5. The highest BCUT2D eigenvalue weighted by Crippen LogP contribution is 2.35. The second kappa shape index (κ2) is 5.88. The molecular formula is C15H21FO3. The predicted molar refractivity (Wildman–Crippen MR) is 70.9 cm³/mol. The quantitative estimate of drug-likeness (QED) is 0.912. The fourth-order valence-electron chi connectivity index (χ4n) is 2.91. The molecule has 2 unspecified atom stereocenters. The number of methoxy groups -OCH3 is 2. The fraction of sp³-hybridized carbons (Fsp3) is 0.600. The molecule has 0 radical (unpaired) electrons. The van der Waals surface area contributed by atoms with Gasteiger partial charge in [-0.3, -0.25) is 0 Å². The first-order chi connectivity index (χ1) is 9.10. The fourth-order valence-corrected chi connectivity index (χ4v) is 2.91. The summed E-state index contributed by atoms with van der Waals surface area (Å²) < 4.78 is 24.5. The SMILES string of the molecule is COc1cccc(CC2(O)CCCCC2OC)c1F. The molecule has 106 valence electrons. The van der Waals surface area contributed by atoms with Gasteiger partial charge < -0.3 is 14.6 Å². The number of hydrogen-bond acceptors (Lipinski definition) is 3. The molecule has 1 aromatic rings. The lowest BCUT2D eigenvalue weighted by molar-refractivity contribution is -0.116. The lowest BCUT2D eigenvalue weighted by atomic mass is 9.78. The van der Waals surface area contributed by atoms with Crippen LogP contribution in [0.15, 0.2) is 18.2 Å². The summed E-state index contributed by atoms with van der Waals surface area (Å²) in [6.45, 7) is 0. The van der Waals surface area contributed by atoms with Crippen molar-refractivity contribution in [3.8, 4) is 5.75 Å². The van der Waals surface area contributed by atoms with E-state index >= 15 is 0 Å². The molecule has 0 bridgehead atoms. The molecule has 19 heavy (non-hydrogen) atoms. The average molecular weight is 268 g/mol. The lowest BCUT2D eigenvalue weighted by Crippen LogP contribution is -2.47. The molecule has 0 amide bonds. The van der Waals surface area contributed by atoms with Gasteiger partial charge in [0.15, 0.2) is 11.6 Å². The Labute approximate surface area is 113 Å². The smallest absolute Gasteiger partial charge is 0.168 e. The number of aliphatic hydroxyl groups is 1. The van der Waals surface area contributed by atoms with Gasteiger partial charge in [0.1, 0.15) is 0 Å². The van der Waals surface area contributed by atoms with Crippen molar-refractivity contribution in [2.45, 2.75) is 43.8 Å². The molecule has 2 rings (SSSR count). The van der Waals surface area contributed by atoms with Crippen LogP contribution in [-0.4, -0.2) is 31.0 Å². The highest BCUT2D eigenvalue weighted by Gasteiger charge is 2.39. The van der Waals surface area contributed by atoms with Gasteiger partial charge in [0.2, 0.25) is 0 Å². The summed E-state index contributed by atoms with van der Waals surface area (Å²) in [4.78, 5) is 0. The number of ether oxygens (including phenoxy) is 2. The van der Waals surface area contributed by atoms with E-state index in [0.717, 1.165) is 19.3 Å². The zero-order valence-electron chi connectivity index (χ0n) is 11.5. The van der Waals surface area contributed by atoms with Crippen LogP contribution in [0.1, 0.15) is 31.2 Å². The van der Waals surface area contributed by atoms with Gasteiger partial charge in [0.05, 0.1) is 18.8 Å². The van der Waals surface area contributed by atoms with Crippen molar-refractivity contribution >= 4 is 0 Å². The zero-order chi connectivity index (χ0) is 13.9. The van der Waals surface area contributed by atoms with E-state index in [4.69, 9.17) is 9.47 Å². The van der Waals surface area contributed by atoms with Crippen LogP contribution >= 0.6 is 0 Å². The molecule has 3 nitrogen and oxygen atoms in total. The average Bonchev–Trinajstić information content (AvgIpc) is 2.41. The van der Waals surface area contributed by atoms with Gasteiger partial charge >= 0.3 is 0 Å². The third-order valence-corrected chi connectivity index (χ3v) is 3.97.